The van der Waals surface area contributed by atoms with Crippen LogP contribution in [-0.4, -0.2) is 9.78 Å². The van der Waals surface area contributed by atoms with E-state index < -0.39 is 17.4 Å². The molecule has 14 heavy (non-hydrogen) atoms. The Morgan fingerprint density at radius 2 is 1.79 bits per heavy atom. The topological polar surface area (TPSA) is 17.8 Å². The lowest BCUT2D eigenvalue weighted by atomic mass is 10.1. The summed E-state index contributed by atoms with van der Waals surface area (Å²) in [7, 11) is 0. The summed E-state index contributed by atoms with van der Waals surface area (Å²) in [5, 5.41) is 3.50. The smallest absolute Gasteiger partial charge is 0.266 e. The molecule has 1 heterocycles. The third kappa shape index (κ3) is 2.29. The number of rotatable bonds is 0. The molecule has 0 aliphatic heterocycles. The van der Waals surface area contributed by atoms with Gasteiger partial charge in [-0.15, -0.1) is 0 Å². The summed E-state index contributed by atoms with van der Waals surface area (Å²) < 4.78 is 38.3. The van der Waals surface area contributed by atoms with Gasteiger partial charge in [0.25, 0.3) is 0 Å². The normalized spacial score (nSPS) is 13.4. The Morgan fingerprint density at radius 1 is 1.29 bits per heavy atom. The van der Waals surface area contributed by atoms with E-state index in [4.69, 9.17) is 0 Å². The number of hydrogen-bond acceptors (Lipinski definition) is 1. The lowest BCUT2D eigenvalue weighted by molar-refractivity contribution is -0.142. The Hall–Kier alpha value is -0.520. The lowest BCUT2D eigenvalue weighted by Crippen LogP contribution is -2.23. The second kappa shape index (κ2) is 3.25. The van der Waals surface area contributed by atoms with Gasteiger partial charge < -0.3 is 0 Å². The number of hydrogen-bond donors (Lipinski definition) is 0. The van der Waals surface area contributed by atoms with Crippen molar-refractivity contribution in [2.45, 2.75) is 32.5 Å². The summed E-state index contributed by atoms with van der Waals surface area (Å²) >= 11 is 2.84. The zero-order valence-electron chi connectivity index (χ0n) is 7.98. The predicted octanol–water partition coefficient (Wildman–Crippen LogP) is 3.42. The Bertz CT molecular complexity index is 335. The third-order valence-corrected chi connectivity index (χ3v) is 2.21. The van der Waals surface area contributed by atoms with Crippen LogP contribution in [0.2, 0.25) is 0 Å². The molecule has 2 nitrogen and oxygen atoms in total. The van der Waals surface area contributed by atoms with Crippen LogP contribution in [0.15, 0.2) is 10.7 Å². The molecule has 0 radical (unpaired) electrons. The highest BCUT2D eigenvalue weighted by molar-refractivity contribution is 9.10. The van der Waals surface area contributed by atoms with Gasteiger partial charge in [0.2, 0.25) is 0 Å². The maximum absolute atomic E-state index is 12.3. The number of nitrogens with zero attached hydrogens (tertiary/aromatic N) is 2. The average molecular weight is 271 g/mol. The Kier molecular flexibility index (Phi) is 2.69. The van der Waals surface area contributed by atoms with Gasteiger partial charge in [0.1, 0.15) is 0 Å². The summed E-state index contributed by atoms with van der Waals surface area (Å²) in [6, 6.07) is 0. The first-order valence-corrected chi connectivity index (χ1v) is 4.74. The second-order valence-electron chi connectivity index (χ2n) is 3.94. The lowest BCUT2D eigenvalue weighted by Gasteiger charge is -2.18. The van der Waals surface area contributed by atoms with Gasteiger partial charge in [-0.2, -0.15) is 18.3 Å². The van der Waals surface area contributed by atoms with Gasteiger partial charge in [0.05, 0.1) is 10.0 Å². The van der Waals surface area contributed by atoms with Gasteiger partial charge in [-0.1, -0.05) is 0 Å². The molecule has 1 aromatic heterocycles. The van der Waals surface area contributed by atoms with Crippen LogP contribution in [0.4, 0.5) is 13.2 Å². The minimum atomic E-state index is -4.41. The van der Waals surface area contributed by atoms with Gasteiger partial charge in [-0.25, -0.2) is 0 Å². The van der Waals surface area contributed by atoms with Crippen molar-refractivity contribution in [3.8, 4) is 0 Å². The molecule has 6 heteroatoms. The summed E-state index contributed by atoms with van der Waals surface area (Å²) in [5.41, 5.74) is -1.33. The maximum Gasteiger partial charge on any atom is 0.436 e. The minimum Gasteiger partial charge on any atom is -0.266 e. The van der Waals surface area contributed by atoms with Gasteiger partial charge in [0.15, 0.2) is 5.69 Å². The van der Waals surface area contributed by atoms with Crippen LogP contribution >= 0.6 is 15.9 Å². The van der Waals surface area contributed by atoms with Crippen molar-refractivity contribution in [3.05, 3.63) is 16.4 Å². The highest BCUT2D eigenvalue weighted by atomic mass is 79.9. The van der Waals surface area contributed by atoms with Crippen LogP contribution < -0.4 is 0 Å². The maximum atomic E-state index is 12.3. The Labute approximate surface area is 88.2 Å². The molecule has 0 fully saturated rings. The number of alkyl halides is 3. The molecule has 0 amide bonds. The summed E-state index contributed by atoms with van der Waals surface area (Å²) in [6.45, 7) is 5.35. The molecule has 0 spiro atoms. The van der Waals surface area contributed by atoms with E-state index in [0.717, 1.165) is 0 Å². The van der Waals surface area contributed by atoms with E-state index in [9.17, 15) is 13.2 Å². The van der Waals surface area contributed by atoms with Crippen LogP contribution in [0.3, 0.4) is 0 Å². The van der Waals surface area contributed by atoms with Crippen molar-refractivity contribution < 1.29 is 13.2 Å². The van der Waals surface area contributed by atoms with E-state index in [1.165, 1.54) is 10.9 Å². The molecule has 1 rings (SSSR count). The minimum absolute atomic E-state index is 0.0278. The quantitative estimate of drug-likeness (QED) is 0.707. The largest absolute Gasteiger partial charge is 0.436 e. The number of aromatic nitrogens is 2. The van der Waals surface area contributed by atoms with E-state index in [0.29, 0.717) is 0 Å². The van der Waals surface area contributed by atoms with Gasteiger partial charge in [-0.3, -0.25) is 4.68 Å². The van der Waals surface area contributed by atoms with Crippen LogP contribution in [0, 0.1) is 0 Å². The van der Waals surface area contributed by atoms with Crippen molar-refractivity contribution in [1.82, 2.24) is 9.78 Å². The van der Waals surface area contributed by atoms with E-state index in [2.05, 4.69) is 21.0 Å². The fourth-order valence-corrected chi connectivity index (χ4v) is 1.39. The summed E-state index contributed by atoms with van der Waals surface area (Å²) in [4.78, 5) is 0. The Morgan fingerprint density at radius 3 is 2.00 bits per heavy atom. The van der Waals surface area contributed by atoms with Crippen LogP contribution in [0.5, 0.6) is 0 Å². The molecule has 0 saturated carbocycles. The third-order valence-electron chi connectivity index (χ3n) is 1.63. The fraction of sp³-hybridized carbons (Fsp3) is 0.625. The van der Waals surface area contributed by atoms with Crippen LogP contribution in [0.1, 0.15) is 26.5 Å². The van der Waals surface area contributed by atoms with E-state index in [1.54, 1.807) is 20.8 Å². The van der Waals surface area contributed by atoms with Crippen LogP contribution in [-0.2, 0) is 11.7 Å². The molecule has 0 aliphatic rings. The van der Waals surface area contributed by atoms with Crippen molar-refractivity contribution in [2.24, 2.45) is 0 Å². The Balaban J connectivity index is 3.19. The van der Waals surface area contributed by atoms with Crippen molar-refractivity contribution in [3.63, 3.8) is 0 Å². The molecule has 0 N–H and O–H groups in total. The molecular weight excluding hydrogens is 261 g/mol. The van der Waals surface area contributed by atoms with Crippen molar-refractivity contribution in [2.75, 3.05) is 0 Å². The standard InChI is InChI=1S/C8H10BrF3N2/c1-7(2,3)14-4-5(9)6(13-14)8(10,11)12/h4H,1-3H3. The molecule has 0 aromatic carbocycles. The molecular formula is C8H10BrF3N2. The molecule has 0 unspecified atom stereocenters. The molecule has 0 aliphatic carbocycles. The predicted molar refractivity (Wildman–Crippen MR) is 49.9 cm³/mol. The molecule has 1 aromatic rings. The molecule has 80 valence electrons. The zero-order valence-corrected chi connectivity index (χ0v) is 9.57. The first-order chi connectivity index (χ1) is 6.12. The van der Waals surface area contributed by atoms with Gasteiger partial charge >= 0.3 is 6.18 Å². The van der Waals surface area contributed by atoms with Gasteiger partial charge in [0, 0.05) is 6.20 Å². The first-order valence-electron chi connectivity index (χ1n) is 3.95. The monoisotopic (exact) mass is 270 g/mol. The highest BCUT2D eigenvalue weighted by Gasteiger charge is 2.37. The van der Waals surface area contributed by atoms with Crippen molar-refractivity contribution >= 4 is 15.9 Å². The zero-order chi connectivity index (χ0) is 11.1. The highest BCUT2D eigenvalue weighted by Crippen LogP contribution is 2.34. The average Bonchev–Trinajstić information content (AvgIpc) is 2.27. The summed E-state index contributed by atoms with van der Waals surface area (Å²) in [6.07, 6.45) is -3.07. The van der Waals surface area contributed by atoms with E-state index in [-0.39, 0.29) is 4.47 Å². The first kappa shape index (κ1) is 11.6. The summed E-state index contributed by atoms with van der Waals surface area (Å²) in [5.74, 6) is 0. The second-order valence-corrected chi connectivity index (χ2v) is 4.79. The molecule has 0 bridgehead atoms. The fourth-order valence-electron chi connectivity index (χ4n) is 0.889. The van der Waals surface area contributed by atoms with Crippen molar-refractivity contribution in [1.29, 1.82) is 0 Å². The molecule has 0 saturated heterocycles. The number of halogens is 4. The van der Waals surface area contributed by atoms with E-state index >= 15 is 0 Å². The molecule has 0 atom stereocenters. The SMILES string of the molecule is CC(C)(C)n1cc(Br)c(C(F)(F)F)n1. The van der Waals surface area contributed by atoms with Gasteiger partial charge in [-0.05, 0) is 36.7 Å². The van der Waals surface area contributed by atoms with E-state index in [1.807, 2.05) is 0 Å². The van der Waals surface area contributed by atoms with Crippen LogP contribution in [0.25, 0.3) is 0 Å².